The van der Waals surface area contributed by atoms with Gasteiger partial charge in [0.15, 0.2) is 0 Å². The number of aromatic nitrogens is 2. The van der Waals surface area contributed by atoms with E-state index >= 15 is 0 Å². The summed E-state index contributed by atoms with van der Waals surface area (Å²) in [5.74, 6) is 1.30. The van der Waals surface area contributed by atoms with Crippen LogP contribution >= 0.6 is 22.9 Å². The molecule has 0 atom stereocenters. The number of carbonyl (C=O) groups excluding carboxylic acids is 1. The lowest BCUT2D eigenvalue weighted by Gasteiger charge is -2.30. The largest absolute Gasteiger partial charge is 0.341 e. The van der Waals surface area contributed by atoms with E-state index in [1.54, 1.807) is 24.5 Å². The van der Waals surface area contributed by atoms with Gasteiger partial charge in [-0.05, 0) is 30.9 Å². The first-order valence-electron chi connectivity index (χ1n) is 7.25. The van der Waals surface area contributed by atoms with E-state index in [4.69, 9.17) is 11.6 Å². The summed E-state index contributed by atoms with van der Waals surface area (Å²) < 4.78 is 0.594. The van der Waals surface area contributed by atoms with E-state index in [2.05, 4.69) is 27.1 Å². The normalized spacial score (nSPS) is 15.8. The van der Waals surface area contributed by atoms with E-state index < -0.39 is 0 Å². The summed E-state index contributed by atoms with van der Waals surface area (Å²) in [6.07, 6.45) is 5.63. The Kier molecular flexibility index (Phi) is 4.59. The predicted octanol–water partition coefficient (Wildman–Crippen LogP) is 3.68. The second-order valence-corrected chi connectivity index (χ2v) is 7.21. The maximum Gasteiger partial charge on any atom is 0.265 e. The predicted molar refractivity (Wildman–Crippen MR) is 89.9 cm³/mol. The van der Waals surface area contributed by atoms with Crippen LogP contribution < -0.4 is 10.2 Å². The highest BCUT2D eigenvalue weighted by atomic mass is 35.5. The van der Waals surface area contributed by atoms with Crippen LogP contribution in [0.1, 0.15) is 29.4 Å². The summed E-state index contributed by atoms with van der Waals surface area (Å²) in [4.78, 5) is 23.5. The quantitative estimate of drug-likeness (QED) is 0.928. The second kappa shape index (κ2) is 6.62. The van der Waals surface area contributed by atoms with E-state index in [0.717, 1.165) is 25.0 Å². The van der Waals surface area contributed by atoms with E-state index in [1.165, 1.54) is 24.2 Å². The first kappa shape index (κ1) is 15.2. The Bertz CT molecular complexity index is 650. The number of amides is 1. The number of anilines is 2. The van der Waals surface area contributed by atoms with Gasteiger partial charge in [0, 0.05) is 13.1 Å². The minimum Gasteiger partial charge on any atom is -0.341 e. The Balaban J connectivity index is 1.63. The van der Waals surface area contributed by atoms with Gasteiger partial charge in [0.05, 0.1) is 27.3 Å². The van der Waals surface area contributed by atoms with E-state index in [0.29, 0.717) is 14.9 Å². The third kappa shape index (κ3) is 3.56. The fourth-order valence-electron chi connectivity index (χ4n) is 2.39. The van der Waals surface area contributed by atoms with Crippen LogP contribution in [-0.2, 0) is 0 Å². The van der Waals surface area contributed by atoms with E-state index in [1.807, 2.05) is 0 Å². The summed E-state index contributed by atoms with van der Waals surface area (Å²) in [7, 11) is 0. The van der Waals surface area contributed by atoms with Crippen LogP contribution in [0.3, 0.4) is 0 Å². The SMILES string of the molecule is CC1CCN(c2ncc(NC(=O)c3ccc(Cl)s3)cn2)CC1. The molecule has 5 nitrogen and oxygen atoms in total. The highest BCUT2D eigenvalue weighted by Crippen LogP contribution is 2.23. The number of nitrogens with one attached hydrogen (secondary N) is 1. The minimum absolute atomic E-state index is 0.194. The molecule has 0 bridgehead atoms. The topological polar surface area (TPSA) is 58.1 Å². The molecule has 1 fully saturated rings. The summed E-state index contributed by atoms with van der Waals surface area (Å²) in [5, 5.41) is 2.78. The average molecular weight is 337 g/mol. The molecule has 1 amide bonds. The molecule has 1 aliphatic heterocycles. The van der Waals surface area contributed by atoms with Gasteiger partial charge in [-0.25, -0.2) is 9.97 Å². The van der Waals surface area contributed by atoms with Crippen molar-refractivity contribution >= 4 is 40.5 Å². The molecule has 3 rings (SSSR count). The third-order valence-corrected chi connectivity index (χ3v) is 4.99. The molecule has 2 aromatic heterocycles. The lowest BCUT2D eigenvalue weighted by Crippen LogP contribution is -2.34. The first-order valence-corrected chi connectivity index (χ1v) is 8.45. The molecule has 1 aliphatic rings. The standard InChI is InChI=1S/C15H17ClN4OS/c1-10-4-6-20(7-5-10)15-17-8-11(9-18-15)19-14(21)12-2-3-13(16)22-12/h2-3,8-10H,4-7H2,1H3,(H,19,21). The smallest absolute Gasteiger partial charge is 0.265 e. The number of thiophene rings is 1. The van der Waals surface area contributed by atoms with Crippen molar-refractivity contribution in [1.82, 2.24) is 9.97 Å². The Hall–Kier alpha value is -1.66. The molecule has 0 aliphatic carbocycles. The minimum atomic E-state index is -0.194. The summed E-state index contributed by atoms with van der Waals surface area (Å²) in [5.41, 5.74) is 0.587. The van der Waals surface area contributed by atoms with Crippen molar-refractivity contribution in [2.24, 2.45) is 5.92 Å². The molecule has 22 heavy (non-hydrogen) atoms. The molecule has 2 aromatic rings. The number of rotatable bonds is 3. The molecule has 0 unspecified atom stereocenters. The molecular formula is C15H17ClN4OS. The Morgan fingerprint density at radius 3 is 2.59 bits per heavy atom. The number of hydrogen-bond donors (Lipinski definition) is 1. The van der Waals surface area contributed by atoms with Crippen molar-refractivity contribution in [2.45, 2.75) is 19.8 Å². The van der Waals surface area contributed by atoms with Gasteiger partial charge in [0.2, 0.25) is 5.95 Å². The lowest BCUT2D eigenvalue weighted by atomic mass is 10.00. The van der Waals surface area contributed by atoms with Gasteiger partial charge in [-0.2, -0.15) is 0 Å². The maximum atomic E-state index is 12.0. The summed E-state index contributed by atoms with van der Waals surface area (Å²) in [6, 6.07) is 3.41. The van der Waals surface area contributed by atoms with Gasteiger partial charge in [0.1, 0.15) is 0 Å². The number of nitrogens with zero attached hydrogens (tertiary/aromatic N) is 3. The van der Waals surface area contributed by atoms with Crippen LogP contribution in [0.4, 0.5) is 11.6 Å². The fraction of sp³-hybridized carbons (Fsp3) is 0.400. The van der Waals surface area contributed by atoms with Gasteiger partial charge in [-0.1, -0.05) is 18.5 Å². The molecule has 3 heterocycles. The van der Waals surface area contributed by atoms with Crippen molar-refractivity contribution in [3.8, 4) is 0 Å². The lowest BCUT2D eigenvalue weighted by molar-refractivity contribution is 0.103. The van der Waals surface area contributed by atoms with Gasteiger partial charge in [-0.15, -0.1) is 11.3 Å². The average Bonchev–Trinajstić information content (AvgIpc) is 2.96. The molecule has 1 N–H and O–H groups in total. The van der Waals surface area contributed by atoms with E-state index in [9.17, 15) is 4.79 Å². The maximum absolute atomic E-state index is 12.0. The van der Waals surface area contributed by atoms with E-state index in [-0.39, 0.29) is 5.91 Å². The Labute approximate surface area is 138 Å². The van der Waals surface area contributed by atoms with Gasteiger partial charge < -0.3 is 10.2 Å². The molecule has 116 valence electrons. The van der Waals surface area contributed by atoms with Gasteiger partial charge in [0.25, 0.3) is 5.91 Å². The van der Waals surface area contributed by atoms with Crippen LogP contribution in [0, 0.1) is 5.92 Å². The van der Waals surface area contributed by atoms with Crippen molar-refractivity contribution in [3.05, 3.63) is 33.7 Å². The zero-order valence-corrected chi connectivity index (χ0v) is 13.8. The monoisotopic (exact) mass is 336 g/mol. The molecule has 0 aromatic carbocycles. The van der Waals surface area contributed by atoms with Gasteiger partial charge >= 0.3 is 0 Å². The molecule has 0 spiro atoms. The van der Waals surface area contributed by atoms with Crippen molar-refractivity contribution in [3.63, 3.8) is 0 Å². The molecule has 0 radical (unpaired) electrons. The third-order valence-electron chi connectivity index (χ3n) is 3.76. The Morgan fingerprint density at radius 1 is 1.32 bits per heavy atom. The number of piperidine rings is 1. The molecule has 1 saturated heterocycles. The summed E-state index contributed by atoms with van der Waals surface area (Å²) in [6.45, 7) is 4.24. The molecule has 0 saturated carbocycles. The van der Waals surface area contributed by atoms with Crippen molar-refractivity contribution in [2.75, 3.05) is 23.3 Å². The highest BCUT2D eigenvalue weighted by Gasteiger charge is 2.18. The Morgan fingerprint density at radius 2 is 2.00 bits per heavy atom. The number of halogens is 1. The summed E-state index contributed by atoms with van der Waals surface area (Å²) >= 11 is 7.08. The van der Waals surface area contributed by atoms with Crippen LogP contribution in [0.5, 0.6) is 0 Å². The molecule has 7 heteroatoms. The van der Waals surface area contributed by atoms with Crippen molar-refractivity contribution in [1.29, 1.82) is 0 Å². The van der Waals surface area contributed by atoms with Crippen LogP contribution in [-0.4, -0.2) is 29.0 Å². The van der Waals surface area contributed by atoms with Crippen LogP contribution in [0.25, 0.3) is 0 Å². The fourth-order valence-corrected chi connectivity index (χ4v) is 3.33. The van der Waals surface area contributed by atoms with Crippen LogP contribution in [0.15, 0.2) is 24.5 Å². The van der Waals surface area contributed by atoms with Crippen LogP contribution in [0.2, 0.25) is 4.34 Å². The zero-order chi connectivity index (χ0) is 15.5. The molecular weight excluding hydrogens is 320 g/mol. The second-order valence-electron chi connectivity index (χ2n) is 5.50. The van der Waals surface area contributed by atoms with Crippen molar-refractivity contribution < 1.29 is 4.79 Å². The zero-order valence-electron chi connectivity index (χ0n) is 12.3. The first-order chi connectivity index (χ1) is 10.6. The van der Waals surface area contributed by atoms with Gasteiger partial charge in [-0.3, -0.25) is 4.79 Å². The number of hydrogen-bond acceptors (Lipinski definition) is 5. The highest BCUT2D eigenvalue weighted by molar-refractivity contribution is 7.18. The number of carbonyl (C=O) groups is 1.